The van der Waals surface area contributed by atoms with Crippen molar-refractivity contribution >= 4 is 34.8 Å². The van der Waals surface area contributed by atoms with E-state index in [2.05, 4.69) is 10.2 Å². The van der Waals surface area contributed by atoms with Crippen LogP contribution in [0.3, 0.4) is 0 Å². The molecule has 280 valence electrons. The zero-order chi connectivity index (χ0) is 36.6. The molecule has 4 aliphatic rings. The second-order valence-electron chi connectivity index (χ2n) is 15.2. The molecule has 0 spiro atoms. The van der Waals surface area contributed by atoms with Gasteiger partial charge >= 0.3 is 17.9 Å². The highest BCUT2D eigenvalue weighted by Crippen LogP contribution is 2.30. The molecule has 7 rings (SSSR count). The molecule has 1 aromatic heterocycles. The number of aryl methyl sites for hydroxylation is 2. The standard InChI is InChI=1S/C39H52N6O7/c1-4-39(50)14-21-42(22-15-39)29-10-16-43(17-11-29)35(46)33(25-27-23-26(2)34-32(24-27)51-37(48)41(34)3)52-38(49)44-18-12-30(13-19-44)45-20-9-28-7-5-6-8-31(28)40-36(45)47/h5-8,23-24,29-30,33,50H,4,9-22,25H2,1-3H3,(H,40,47)/t33-/m1/s1. The fourth-order valence-corrected chi connectivity index (χ4v) is 8.70. The van der Waals surface area contributed by atoms with Crippen molar-refractivity contribution in [1.29, 1.82) is 0 Å². The van der Waals surface area contributed by atoms with E-state index in [4.69, 9.17) is 9.15 Å². The Bertz CT molecular complexity index is 1850. The number of amides is 4. The molecule has 5 heterocycles. The lowest BCUT2D eigenvalue weighted by Crippen LogP contribution is -2.54. The fourth-order valence-electron chi connectivity index (χ4n) is 8.70. The first kappa shape index (κ1) is 36.0. The number of piperidine rings is 3. The third kappa shape index (κ3) is 7.43. The number of aliphatic hydroxyl groups is 1. The van der Waals surface area contributed by atoms with Gasteiger partial charge in [0.1, 0.15) is 0 Å². The predicted molar refractivity (Wildman–Crippen MR) is 196 cm³/mol. The Labute approximate surface area is 304 Å². The van der Waals surface area contributed by atoms with Crippen molar-refractivity contribution in [1.82, 2.24) is 24.2 Å². The van der Waals surface area contributed by atoms with Crippen LogP contribution in [0.5, 0.6) is 0 Å². The van der Waals surface area contributed by atoms with Crippen LogP contribution >= 0.6 is 0 Å². The van der Waals surface area contributed by atoms with Crippen molar-refractivity contribution in [3.8, 4) is 0 Å². The number of fused-ring (bicyclic) bond motifs is 2. The fraction of sp³-hybridized carbons (Fsp3) is 0.590. The number of rotatable bonds is 7. The molecule has 52 heavy (non-hydrogen) atoms. The molecule has 2 N–H and O–H groups in total. The number of oxazole rings is 1. The van der Waals surface area contributed by atoms with Gasteiger partial charge in [0, 0.05) is 77.1 Å². The van der Waals surface area contributed by atoms with E-state index in [0.717, 1.165) is 74.0 Å². The van der Waals surface area contributed by atoms with E-state index in [1.54, 1.807) is 18.0 Å². The summed E-state index contributed by atoms with van der Waals surface area (Å²) in [5.74, 6) is -0.690. The number of likely N-dealkylation sites (tertiary alicyclic amines) is 3. The van der Waals surface area contributed by atoms with Gasteiger partial charge in [-0.3, -0.25) is 9.36 Å². The first-order chi connectivity index (χ1) is 25.0. The number of hydrogen-bond acceptors (Lipinski definition) is 8. The van der Waals surface area contributed by atoms with Gasteiger partial charge in [-0.2, -0.15) is 0 Å². The third-order valence-electron chi connectivity index (χ3n) is 12.1. The number of aromatic nitrogens is 1. The van der Waals surface area contributed by atoms with E-state index < -0.39 is 23.6 Å². The second kappa shape index (κ2) is 14.9. The average Bonchev–Trinajstić information content (AvgIpc) is 3.33. The van der Waals surface area contributed by atoms with Crippen molar-refractivity contribution in [2.45, 2.75) is 95.4 Å². The molecule has 13 heteroatoms. The van der Waals surface area contributed by atoms with E-state index in [1.165, 1.54) is 4.57 Å². The van der Waals surface area contributed by atoms with Crippen LogP contribution in [0.2, 0.25) is 0 Å². The van der Waals surface area contributed by atoms with Gasteiger partial charge in [-0.25, -0.2) is 14.4 Å². The monoisotopic (exact) mass is 716 g/mol. The summed E-state index contributed by atoms with van der Waals surface area (Å²) in [5.41, 5.74) is 4.07. The first-order valence-electron chi connectivity index (χ1n) is 19.0. The maximum Gasteiger partial charge on any atom is 0.419 e. The number of para-hydroxylation sites is 1. The van der Waals surface area contributed by atoms with Gasteiger partial charge < -0.3 is 39.2 Å². The lowest BCUT2D eigenvalue weighted by Gasteiger charge is -2.44. The van der Waals surface area contributed by atoms with Crippen molar-refractivity contribution in [3.63, 3.8) is 0 Å². The number of hydrogen-bond donors (Lipinski definition) is 2. The van der Waals surface area contributed by atoms with Crippen molar-refractivity contribution in [3.05, 3.63) is 63.6 Å². The van der Waals surface area contributed by atoms with Crippen LogP contribution in [0.25, 0.3) is 11.1 Å². The highest BCUT2D eigenvalue weighted by molar-refractivity contribution is 5.91. The Kier molecular flexibility index (Phi) is 10.3. The summed E-state index contributed by atoms with van der Waals surface area (Å²) >= 11 is 0. The lowest BCUT2D eigenvalue weighted by molar-refractivity contribution is -0.142. The molecule has 4 aliphatic heterocycles. The van der Waals surface area contributed by atoms with Gasteiger partial charge in [-0.1, -0.05) is 31.2 Å². The van der Waals surface area contributed by atoms with Gasteiger partial charge in [-0.05, 0) is 87.1 Å². The Morgan fingerprint density at radius 2 is 1.63 bits per heavy atom. The van der Waals surface area contributed by atoms with Crippen molar-refractivity contribution in [2.75, 3.05) is 51.1 Å². The van der Waals surface area contributed by atoms with E-state index in [-0.39, 0.29) is 24.4 Å². The number of carbonyl (C=O) groups excluding carboxylic acids is 3. The van der Waals surface area contributed by atoms with Gasteiger partial charge in [0.2, 0.25) is 0 Å². The van der Waals surface area contributed by atoms with Gasteiger partial charge in [0.05, 0.1) is 11.1 Å². The number of benzene rings is 2. The molecular formula is C39H52N6O7. The SMILES string of the molecule is CCC1(O)CCN(C2CCN(C(=O)[C@@H](Cc3cc(C)c4c(c3)oc(=O)n4C)OC(=O)N3CCC(N4CCc5ccccc5NC4=O)CC3)CC2)CC1. The summed E-state index contributed by atoms with van der Waals surface area (Å²) in [4.78, 5) is 61.2. The number of nitrogens with one attached hydrogen (secondary N) is 1. The number of carbonyl (C=O) groups is 3. The van der Waals surface area contributed by atoms with Crippen LogP contribution in [-0.2, 0) is 29.4 Å². The average molecular weight is 717 g/mol. The molecule has 0 radical (unpaired) electrons. The third-order valence-corrected chi connectivity index (χ3v) is 12.1. The van der Waals surface area contributed by atoms with Crippen LogP contribution in [0.1, 0.15) is 68.6 Å². The van der Waals surface area contributed by atoms with Crippen LogP contribution < -0.4 is 11.1 Å². The van der Waals surface area contributed by atoms with Crippen LogP contribution in [0.15, 0.2) is 45.6 Å². The second-order valence-corrected chi connectivity index (χ2v) is 15.2. The smallest absolute Gasteiger partial charge is 0.419 e. The number of urea groups is 1. The molecule has 0 saturated carbocycles. The van der Waals surface area contributed by atoms with E-state index >= 15 is 0 Å². The largest absolute Gasteiger partial charge is 0.436 e. The molecule has 13 nitrogen and oxygen atoms in total. The van der Waals surface area contributed by atoms with Gasteiger partial charge in [-0.15, -0.1) is 0 Å². The summed E-state index contributed by atoms with van der Waals surface area (Å²) in [6, 6.07) is 11.7. The molecule has 3 saturated heterocycles. The number of nitrogens with zero attached hydrogens (tertiary/aromatic N) is 5. The summed E-state index contributed by atoms with van der Waals surface area (Å²) in [5, 5.41) is 13.8. The molecule has 1 atom stereocenters. The highest BCUT2D eigenvalue weighted by atomic mass is 16.6. The number of ether oxygens (including phenoxy) is 1. The Morgan fingerprint density at radius 3 is 2.35 bits per heavy atom. The van der Waals surface area contributed by atoms with Crippen molar-refractivity contribution in [2.24, 2.45) is 7.05 Å². The molecule has 4 amide bonds. The molecule has 3 aromatic rings. The normalized spacial score (nSPS) is 21.1. The van der Waals surface area contributed by atoms with E-state index in [9.17, 15) is 24.3 Å². The minimum atomic E-state index is -1.06. The molecule has 3 fully saturated rings. The maximum atomic E-state index is 14.2. The van der Waals surface area contributed by atoms with Crippen LogP contribution in [-0.4, -0.2) is 117 Å². The quantitative estimate of drug-likeness (QED) is 0.370. The predicted octanol–water partition coefficient (Wildman–Crippen LogP) is 4.27. The minimum absolute atomic E-state index is 0.0111. The molecule has 2 aromatic carbocycles. The minimum Gasteiger partial charge on any atom is -0.436 e. The zero-order valence-corrected chi connectivity index (χ0v) is 30.6. The van der Waals surface area contributed by atoms with E-state index in [1.807, 2.05) is 54.0 Å². The topological polar surface area (TPSA) is 141 Å². The van der Waals surface area contributed by atoms with Crippen LogP contribution in [0, 0.1) is 6.92 Å². The number of anilines is 1. The first-order valence-corrected chi connectivity index (χ1v) is 19.0. The lowest BCUT2D eigenvalue weighted by atomic mass is 9.87. The van der Waals surface area contributed by atoms with E-state index in [0.29, 0.717) is 62.7 Å². The van der Waals surface area contributed by atoms with Crippen molar-refractivity contribution < 1.29 is 28.6 Å². The molecule has 0 unspecified atom stereocenters. The zero-order valence-electron chi connectivity index (χ0n) is 30.6. The molecule has 0 bridgehead atoms. The molecular weight excluding hydrogens is 664 g/mol. The van der Waals surface area contributed by atoms with Gasteiger partial charge in [0.25, 0.3) is 5.91 Å². The molecule has 0 aliphatic carbocycles. The summed E-state index contributed by atoms with van der Waals surface area (Å²) in [6.07, 6.45) is 4.46. The highest BCUT2D eigenvalue weighted by Gasteiger charge is 2.38. The Hall–Kier alpha value is -4.36. The summed E-state index contributed by atoms with van der Waals surface area (Å²) in [6.45, 7) is 8.19. The Morgan fingerprint density at radius 1 is 0.962 bits per heavy atom. The summed E-state index contributed by atoms with van der Waals surface area (Å²) in [7, 11) is 1.66. The maximum absolute atomic E-state index is 14.2. The van der Waals surface area contributed by atoms with Gasteiger partial charge in [0.15, 0.2) is 11.7 Å². The van der Waals surface area contributed by atoms with Crippen LogP contribution in [0.4, 0.5) is 15.3 Å². The summed E-state index contributed by atoms with van der Waals surface area (Å²) < 4.78 is 13.0. The Balaban J connectivity index is 1.01.